The molecule has 2 fully saturated rings. The van der Waals surface area contributed by atoms with Crippen molar-refractivity contribution in [3.63, 3.8) is 0 Å². The van der Waals surface area contributed by atoms with E-state index < -0.39 is 5.60 Å². The van der Waals surface area contributed by atoms with Crippen LogP contribution in [0.15, 0.2) is 0 Å². The normalized spacial score (nSPS) is 32.4. The number of hydrogen-bond acceptors (Lipinski definition) is 3. The molecule has 0 aromatic carbocycles. The van der Waals surface area contributed by atoms with Crippen molar-refractivity contribution in [1.82, 2.24) is 9.80 Å². The molecule has 0 aromatic rings. The maximum absolute atomic E-state index is 9.96. The van der Waals surface area contributed by atoms with Gasteiger partial charge in [0.05, 0.1) is 5.60 Å². The highest BCUT2D eigenvalue weighted by Crippen LogP contribution is 2.39. The fourth-order valence-corrected chi connectivity index (χ4v) is 4.20. The summed E-state index contributed by atoms with van der Waals surface area (Å²) in [5, 5.41) is 9.96. The maximum atomic E-state index is 9.96. The number of nitrogens with zero attached hydrogens (tertiary/aromatic N) is 2. The van der Waals surface area contributed by atoms with Gasteiger partial charge in [0.15, 0.2) is 0 Å². The highest BCUT2D eigenvalue weighted by atomic mass is 16.3. The predicted octanol–water partition coefficient (Wildman–Crippen LogP) is 2.73. The van der Waals surface area contributed by atoms with Crippen LogP contribution in [0.5, 0.6) is 0 Å². The van der Waals surface area contributed by atoms with Crippen molar-refractivity contribution < 1.29 is 5.11 Å². The fourth-order valence-electron chi connectivity index (χ4n) is 4.20. The van der Waals surface area contributed by atoms with Gasteiger partial charge in [0.2, 0.25) is 0 Å². The van der Waals surface area contributed by atoms with Gasteiger partial charge in [-0.05, 0) is 73.8 Å². The van der Waals surface area contributed by atoms with Crippen LogP contribution in [0, 0.1) is 5.92 Å². The molecule has 0 amide bonds. The SMILES string of the molecule is CC1C(CC(C)(C)N2CC(C)(O)C2)CCN1C(C)(C)C. The Morgan fingerprint density at radius 1 is 1.15 bits per heavy atom. The van der Waals surface area contributed by atoms with E-state index in [4.69, 9.17) is 0 Å². The molecule has 0 aliphatic carbocycles. The van der Waals surface area contributed by atoms with E-state index in [-0.39, 0.29) is 11.1 Å². The van der Waals surface area contributed by atoms with Crippen molar-refractivity contribution >= 4 is 0 Å². The summed E-state index contributed by atoms with van der Waals surface area (Å²) in [6, 6.07) is 0.663. The van der Waals surface area contributed by atoms with Gasteiger partial charge in [0, 0.05) is 30.2 Å². The van der Waals surface area contributed by atoms with Crippen molar-refractivity contribution in [2.75, 3.05) is 19.6 Å². The zero-order chi connectivity index (χ0) is 15.3. The molecule has 2 atom stereocenters. The van der Waals surface area contributed by atoms with Crippen molar-refractivity contribution in [3.8, 4) is 0 Å². The molecule has 20 heavy (non-hydrogen) atoms. The van der Waals surface area contributed by atoms with Crippen molar-refractivity contribution in [1.29, 1.82) is 0 Å². The Balaban J connectivity index is 1.94. The summed E-state index contributed by atoms with van der Waals surface area (Å²) in [6.45, 7) is 18.9. The molecule has 3 heteroatoms. The molecule has 2 aliphatic heterocycles. The maximum Gasteiger partial charge on any atom is 0.0872 e. The third-order valence-electron chi connectivity index (χ3n) is 5.46. The second-order valence-electron chi connectivity index (χ2n) is 9.02. The molecule has 2 saturated heterocycles. The molecular weight excluding hydrogens is 248 g/mol. The van der Waals surface area contributed by atoms with Gasteiger partial charge in [-0.2, -0.15) is 0 Å². The van der Waals surface area contributed by atoms with E-state index in [1.54, 1.807) is 0 Å². The molecule has 2 rings (SSSR count). The van der Waals surface area contributed by atoms with Gasteiger partial charge >= 0.3 is 0 Å². The number of hydrogen-bond donors (Lipinski definition) is 1. The van der Waals surface area contributed by atoms with Crippen LogP contribution in [0.2, 0.25) is 0 Å². The van der Waals surface area contributed by atoms with Crippen LogP contribution < -0.4 is 0 Å². The topological polar surface area (TPSA) is 26.7 Å². The average molecular weight is 282 g/mol. The molecule has 0 spiro atoms. The monoisotopic (exact) mass is 282 g/mol. The van der Waals surface area contributed by atoms with Crippen LogP contribution in [-0.4, -0.2) is 57.3 Å². The van der Waals surface area contributed by atoms with Gasteiger partial charge < -0.3 is 5.11 Å². The first-order valence-electron chi connectivity index (χ1n) is 8.17. The lowest BCUT2D eigenvalue weighted by Crippen LogP contribution is -2.66. The minimum atomic E-state index is -0.462. The van der Waals surface area contributed by atoms with E-state index in [0.29, 0.717) is 6.04 Å². The summed E-state index contributed by atoms with van der Waals surface area (Å²) in [5.74, 6) is 0.773. The van der Waals surface area contributed by atoms with E-state index in [0.717, 1.165) is 19.0 Å². The van der Waals surface area contributed by atoms with Crippen LogP contribution in [0.25, 0.3) is 0 Å². The number of rotatable bonds is 3. The Morgan fingerprint density at radius 3 is 2.10 bits per heavy atom. The summed E-state index contributed by atoms with van der Waals surface area (Å²) >= 11 is 0. The first-order valence-corrected chi connectivity index (χ1v) is 8.17. The van der Waals surface area contributed by atoms with Crippen molar-refractivity contribution in [2.45, 2.75) is 84.0 Å². The van der Waals surface area contributed by atoms with Crippen molar-refractivity contribution in [2.24, 2.45) is 5.92 Å². The van der Waals surface area contributed by atoms with E-state index in [9.17, 15) is 5.11 Å². The van der Waals surface area contributed by atoms with Gasteiger partial charge in [0.25, 0.3) is 0 Å². The van der Waals surface area contributed by atoms with Gasteiger partial charge in [-0.3, -0.25) is 9.80 Å². The first kappa shape index (κ1) is 16.3. The van der Waals surface area contributed by atoms with Crippen LogP contribution >= 0.6 is 0 Å². The lowest BCUT2D eigenvalue weighted by atomic mass is 9.81. The molecule has 0 aromatic heterocycles. The van der Waals surface area contributed by atoms with Crippen LogP contribution in [0.1, 0.15) is 61.3 Å². The molecule has 0 radical (unpaired) electrons. The molecule has 2 unspecified atom stereocenters. The minimum Gasteiger partial charge on any atom is -0.388 e. The van der Waals surface area contributed by atoms with E-state index in [2.05, 4.69) is 51.3 Å². The Kier molecular flexibility index (Phi) is 4.03. The molecule has 3 nitrogen and oxygen atoms in total. The van der Waals surface area contributed by atoms with Gasteiger partial charge in [-0.15, -0.1) is 0 Å². The lowest BCUT2D eigenvalue weighted by molar-refractivity contribution is -0.128. The molecule has 2 heterocycles. The molecule has 0 saturated carbocycles. The third-order valence-corrected chi connectivity index (χ3v) is 5.46. The fraction of sp³-hybridized carbons (Fsp3) is 1.00. The smallest absolute Gasteiger partial charge is 0.0872 e. The van der Waals surface area contributed by atoms with Crippen LogP contribution in [0.4, 0.5) is 0 Å². The number of β-amino-alcohol motifs (C(OH)–C–C–N with tert-alkyl or cyclic N) is 1. The Morgan fingerprint density at radius 2 is 1.70 bits per heavy atom. The van der Waals surface area contributed by atoms with E-state index >= 15 is 0 Å². The summed E-state index contributed by atoms with van der Waals surface area (Å²) in [6.07, 6.45) is 2.54. The zero-order valence-electron chi connectivity index (χ0n) is 14.5. The second kappa shape index (κ2) is 4.96. The summed E-state index contributed by atoms with van der Waals surface area (Å²) < 4.78 is 0. The minimum absolute atomic E-state index is 0.203. The Labute approximate surface area is 125 Å². The van der Waals surface area contributed by atoms with Gasteiger partial charge in [0.1, 0.15) is 0 Å². The molecule has 118 valence electrons. The lowest BCUT2D eigenvalue weighted by Gasteiger charge is -2.53. The van der Waals surface area contributed by atoms with Gasteiger partial charge in [-0.25, -0.2) is 0 Å². The quantitative estimate of drug-likeness (QED) is 0.862. The first-order chi connectivity index (χ1) is 8.92. The number of likely N-dealkylation sites (tertiary alicyclic amines) is 2. The van der Waals surface area contributed by atoms with E-state index in [1.807, 2.05) is 6.92 Å². The predicted molar refractivity (Wildman–Crippen MR) is 84.9 cm³/mol. The standard InChI is InChI=1S/C17H34N2O/c1-13-14(8-9-19(13)15(2,3)4)10-16(5,6)18-11-17(7,20)12-18/h13-14,20H,8-12H2,1-7H3. The highest BCUT2D eigenvalue weighted by Gasteiger charge is 2.46. The third kappa shape index (κ3) is 3.20. The van der Waals surface area contributed by atoms with Crippen LogP contribution in [-0.2, 0) is 0 Å². The molecule has 2 aliphatic rings. The number of aliphatic hydroxyl groups is 1. The summed E-state index contributed by atoms with van der Waals surface area (Å²) in [5.41, 5.74) is 0.0177. The van der Waals surface area contributed by atoms with Crippen LogP contribution in [0.3, 0.4) is 0 Å². The second-order valence-corrected chi connectivity index (χ2v) is 9.02. The highest BCUT2D eigenvalue weighted by molar-refractivity contribution is 5.01. The Bertz CT molecular complexity index is 348. The molecule has 1 N–H and O–H groups in total. The Hall–Kier alpha value is -0.120. The summed E-state index contributed by atoms with van der Waals surface area (Å²) in [4.78, 5) is 5.10. The van der Waals surface area contributed by atoms with Crippen molar-refractivity contribution in [3.05, 3.63) is 0 Å². The largest absolute Gasteiger partial charge is 0.388 e. The van der Waals surface area contributed by atoms with E-state index in [1.165, 1.54) is 19.4 Å². The summed E-state index contributed by atoms with van der Waals surface area (Å²) in [7, 11) is 0. The average Bonchev–Trinajstić information content (AvgIpc) is 2.55. The molecular formula is C17H34N2O. The zero-order valence-corrected chi connectivity index (χ0v) is 14.5. The molecule has 0 bridgehead atoms. The van der Waals surface area contributed by atoms with Gasteiger partial charge in [-0.1, -0.05) is 0 Å².